The number of aliphatic hydroxyl groups is 1. The van der Waals surface area contributed by atoms with E-state index in [1.54, 1.807) is 12.1 Å². The summed E-state index contributed by atoms with van der Waals surface area (Å²) in [6.07, 6.45) is 0.384. The van der Waals surface area contributed by atoms with E-state index < -0.39 is 12.4 Å². The molecule has 4 heteroatoms. The van der Waals surface area contributed by atoms with Crippen LogP contribution in [0, 0.1) is 0 Å². The molecule has 0 radical (unpaired) electrons. The number of ether oxygens (including phenoxy) is 2. The maximum atomic E-state index is 9.59. The van der Waals surface area contributed by atoms with E-state index in [-0.39, 0.29) is 5.75 Å². The van der Waals surface area contributed by atoms with Gasteiger partial charge in [-0.1, -0.05) is 0 Å². The standard InChI is InChI=1S/C11H14O4/c12-8-3-5-9(6-4-8)15-11-10(13)2-1-7-14-11/h3-6,10-13H,1-2,7H2/t10-,11+/m1/s1. The number of hydrogen-bond acceptors (Lipinski definition) is 4. The molecule has 1 aliphatic heterocycles. The Labute approximate surface area is 88.1 Å². The van der Waals surface area contributed by atoms with Crippen LogP contribution in [0.2, 0.25) is 0 Å². The van der Waals surface area contributed by atoms with Crippen LogP contribution in [0.5, 0.6) is 11.5 Å². The van der Waals surface area contributed by atoms with E-state index in [1.165, 1.54) is 12.1 Å². The molecule has 0 bridgehead atoms. The molecule has 1 aliphatic rings. The molecule has 1 aromatic rings. The largest absolute Gasteiger partial charge is 0.508 e. The van der Waals surface area contributed by atoms with Crippen molar-refractivity contribution >= 4 is 0 Å². The maximum absolute atomic E-state index is 9.59. The van der Waals surface area contributed by atoms with Crippen LogP contribution >= 0.6 is 0 Å². The van der Waals surface area contributed by atoms with Gasteiger partial charge in [-0.05, 0) is 37.1 Å². The molecule has 2 atom stereocenters. The van der Waals surface area contributed by atoms with E-state index in [9.17, 15) is 5.11 Å². The van der Waals surface area contributed by atoms with Crippen molar-refractivity contribution < 1.29 is 19.7 Å². The van der Waals surface area contributed by atoms with Crippen LogP contribution in [0.4, 0.5) is 0 Å². The lowest BCUT2D eigenvalue weighted by Gasteiger charge is -2.28. The molecule has 0 aliphatic carbocycles. The maximum Gasteiger partial charge on any atom is 0.226 e. The molecule has 0 aromatic heterocycles. The van der Waals surface area contributed by atoms with E-state index >= 15 is 0 Å². The highest BCUT2D eigenvalue weighted by atomic mass is 16.7. The summed E-state index contributed by atoms with van der Waals surface area (Å²) in [6, 6.07) is 6.34. The Balaban J connectivity index is 1.98. The highest BCUT2D eigenvalue weighted by Crippen LogP contribution is 2.21. The molecule has 1 heterocycles. The van der Waals surface area contributed by atoms with Crippen molar-refractivity contribution in [3.63, 3.8) is 0 Å². The first-order chi connectivity index (χ1) is 7.25. The molecule has 4 nitrogen and oxygen atoms in total. The number of rotatable bonds is 2. The van der Waals surface area contributed by atoms with Crippen molar-refractivity contribution in [3.05, 3.63) is 24.3 Å². The van der Waals surface area contributed by atoms with Crippen molar-refractivity contribution in [1.29, 1.82) is 0 Å². The van der Waals surface area contributed by atoms with E-state index in [0.29, 0.717) is 18.8 Å². The smallest absolute Gasteiger partial charge is 0.226 e. The zero-order chi connectivity index (χ0) is 10.7. The minimum atomic E-state index is -0.594. The van der Waals surface area contributed by atoms with Crippen molar-refractivity contribution in [2.45, 2.75) is 25.2 Å². The van der Waals surface area contributed by atoms with Crippen molar-refractivity contribution in [2.75, 3.05) is 6.61 Å². The first-order valence-electron chi connectivity index (χ1n) is 5.01. The number of benzene rings is 1. The summed E-state index contributed by atoms with van der Waals surface area (Å²) < 4.78 is 10.7. The second kappa shape index (κ2) is 4.51. The summed E-state index contributed by atoms with van der Waals surface area (Å²) in [6.45, 7) is 0.611. The number of aliphatic hydroxyl groups excluding tert-OH is 1. The first kappa shape index (κ1) is 10.3. The highest BCUT2D eigenvalue weighted by molar-refractivity contribution is 5.30. The summed E-state index contributed by atoms with van der Waals surface area (Å²) in [5.74, 6) is 0.770. The zero-order valence-electron chi connectivity index (χ0n) is 8.30. The Hall–Kier alpha value is -1.26. The van der Waals surface area contributed by atoms with Crippen molar-refractivity contribution in [1.82, 2.24) is 0 Å². The van der Waals surface area contributed by atoms with Gasteiger partial charge in [-0.25, -0.2) is 0 Å². The topological polar surface area (TPSA) is 58.9 Å². The minimum absolute atomic E-state index is 0.187. The molecule has 1 fully saturated rings. The molecule has 2 N–H and O–H groups in total. The van der Waals surface area contributed by atoms with Gasteiger partial charge in [-0.3, -0.25) is 0 Å². The predicted molar refractivity (Wildman–Crippen MR) is 53.7 cm³/mol. The average Bonchev–Trinajstić information content (AvgIpc) is 2.25. The van der Waals surface area contributed by atoms with Gasteiger partial charge in [0.25, 0.3) is 0 Å². The molecule has 0 spiro atoms. The van der Waals surface area contributed by atoms with Crippen molar-refractivity contribution in [3.8, 4) is 11.5 Å². The molecule has 0 saturated carbocycles. The summed E-state index contributed by atoms with van der Waals surface area (Å²) in [4.78, 5) is 0. The lowest BCUT2D eigenvalue weighted by Crippen LogP contribution is -2.38. The Bertz CT molecular complexity index is 309. The Morgan fingerprint density at radius 3 is 2.67 bits per heavy atom. The van der Waals surface area contributed by atoms with Crippen LogP contribution in [-0.4, -0.2) is 29.2 Å². The van der Waals surface area contributed by atoms with E-state index in [1.807, 2.05) is 0 Å². The minimum Gasteiger partial charge on any atom is -0.508 e. The van der Waals surface area contributed by atoms with Crippen LogP contribution < -0.4 is 4.74 Å². The van der Waals surface area contributed by atoms with Gasteiger partial charge >= 0.3 is 0 Å². The first-order valence-corrected chi connectivity index (χ1v) is 5.01. The number of hydrogen-bond donors (Lipinski definition) is 2. The van der Waals surface area contributed by atoms with Gasteiger partial charge in [0, 0.05) is 0 Å². The fourth-order valence-electron chi connectivity index (χ4n) is 1.51. The van der Waals surface area contributed by atoms with Gasteiger partial charge in [0.05, 0.1) is 6.61 Å². The van der Waals surface area contributed by atoms with Gasteiger partial charge in [-0.2, -0.15) is 0 Å². The normalized spacial score (nSPS) is 26.2. The molecule has 1 aromatic carbocycles. The molecule has 0 unspecified atom stereocenters. The van der Waals surface area contributed by atoms with Gasteiger partial charge < -0.3 is 19.7 Å². The summed E-state index contributed by atoms with van der Waals surface area (Å²) in [7, 11) is 0. The zero-order valence-corrected chi connectivity index (χ0v) is 8.30. The molecular formula is C11H14O4. The SMILES string of the molecule is Oc1ccc(O[C@@H]2OCCC[C@H]2O)cc1. The van der Waals surface area contributed by atoms with Gasteiger partial charge in [0.1, 0.15) is 17.6 Å². The predicted octanol–water partition coefficient (Wildman–Crippen LogP) is 1.27. The van der Waals surface area contributed by atoms with Crippen LogP contribution in [-0.2, 0) is 4.74 Å². The van der Waals surface area contributed by atoms with Crippen LogP contribution in [0.25, 0.3) is 0 Å². The highest BCUT2D eigenvalue weighted by Gasteiger charge is 2.25. The Morgan fingerprint density at radius 2 is 2.00 bits per heavy atom. The van der Waals surface area contributed by atoms with Crippen LogP contribution in [0.15, 0.2) is 24.3 Å². The van der Waals surface area contributed by atoms with E-state index in [2.05, 4.69) is 0 Å². The molecule has 82 valence electrons. The monoisotopic (exact) mass is 210 g/mol. The Kier molecular flexibility index (Phi) is 3.08. The third kappa shape index (κ3) is 2.61. The van der Waals surface area contributed by atoms with E-state index in [0.717, 1.165) is 6.42 Å². The Morgan fingerprint density at radius 1 is 1.27 bits per heavy atom. The number of aromatic hydroxyl groups is 1. The quantitative estimate of drug-likeness (QED) is 0.771. The van der Waals surface area contributed by atoms with Gasteiger partial charge in [0.15, 0.2) is 0 Å². The lowest BCUT2D eigenvalue weighted by atomic mass is 10.1. The molecule has 15 heavy (non-hydrogen) atoms. The number of phenols is 1. The summed E-state index contributed by atoms with van der Waals surface area (Å²) in [5.41, 5.74) is 0. The van der Waals surface area contributed by atoms with E-state index in [4.69, 9.17) is 14.6 Å². The van der Waals surface area contributed by atoms with Crippen LogP contribution in [0.3, 0.4) is 0 Å². The third-order valence-corrected chi connectivity index (χ3v) is 2.33. The lowest BCUT2D eigenvalue weighted by molar-refractivity contribution is -0.170. The van der Waals surface area contributed by atoms with Crippen molar-refractivity contribution in [2.24, 2.45) is 0 Å². The third-order valence-electron chi connectivity index (χ3n) is 2.33. The summed E-state index contributed by atoms with van der Waals surface area (Å²) in [5, 5.41) is 18.7. The van der Waals surface area contributed by atoms with Crippen LogP contribution in [0.1, 0.15) is 12.8 Å². The molecule has 0 amide bonds. The summed E-state index contributed by atoms with van der Waals surface area (Å²) >= 11 is 0. The fraction of sp³-hybridized carbons (Fsp3) is 0.455. The number of phenolic OH excluding ortho intramolecular Hbond substituents is 1. The second-order valence-electron chi connectivity index (χ2n) is 3.56. The second-order valence-corrected chi connectivity index (χ2v) is 3.56. The fourth-order valence-corrected chi connectivity index (χ4v) is 1.51. The molecule has 1 saturated heterocycles. The molecular weight excluding hydrogens is 196 g/mol. The molecule has 2 rings (SSSR count). The average molecular weight is 210 g/mol. The van der Waals surface area contributed by atoms with Gasteiger partial charge in [0.2, 0.25) is 6.29 Å². The van der Waals surface area contributed by atoms with Gasteiger partial charge in [-0.15, -0.1) is 0 Å².